The Morgan fingerprint density at radius 2 is 0.965 bits per heavy atom. The number of carbonyl (C=O) groups excluding carboxylic acids is 6. The SMILES string of the molecule is CC(C)(C)OC(=O)N1C2CCC1CN(C(=O)c1ccc(N)nc1)C2.CNC(=O)c1cc2cnc(Cl)nc2n1C1CCCC1.CNC(=O)c1cc2cnc(Nc3ccc(C(=O)N4CC5CCC(C4)N5C(=O)OC(C)(C)C)cn3)nc2n1C1CCCC1. The van der Waals surface area contributed by atoms with E-state index < -0.39 is 11.2 Å². The van der Waals surface area contributed by atoms with Crippen LogP contribution in [0.1, 0.15) is 172 Å². The molecule has 4 saturated heterocycles. The number of rotatable bonds is 8. The fourth-order valence-electron chi connectivity index (χ4n) is 12.7. The first kappa shape index (κ1) is 60.0. The van der Waals surface area contributed by atoms with Gasteiger partial charge in [-0.3, -0.25) is 29.0 Å². The molecule has 0 radical (unpaired) electrons. The number of aromatic nitrogens is 8. The van der Waals surface area contributed by atoms with Crippen LogP contribution in [0.25, 0.3) is 22.1 Å². The first-order chi connectivity index (χ1) is 40.6. The van der Waals surface area contributed by atoms with Gasteiger partial charge in [0.05, 0.1) is 35.3 Å². The van der Waals surface area contributed by atoms with Crippen LogP contribution in [-0.4, -0.2) is 170 Å². The Morgan fingerprint density at radius 3 is 1.36 bits per heavy atom. The van der Waals surface area contributed by atoms with Crippen molar-refractivity contribution in [3.63, 3.8) is 0 Å². The van der Waals surface area contributed by atoms with Crippen LogP contribution >= 0.6 is 11.6 Å². The van der Waals surface area contributed by atoms with Gasteiger partial charge in [0.15, 0.2) is 0 Å². The molecule has 4 aliphatic heterocycles. The Labute approximate surface area is 498 Å². The van der Waals surface area contributed by atoms with Gasteiger partial charge in [-0.25, -0.2) is 29.5 Å². The average molecular weight is 1190 g/mol. The highest BCUT2D eigenvalue weighted by atomic mass is 35.5. The van der Waals surface area contributed by atoms with Crippen LogP contribution in [0.4, 0.5) is 27.2 Å². The Balaban J connectivity index is 0.000000157. The fraction of sp³-hybridized carbons (Fsp3) is 0.533. The predicted octanol–water partition coefficient (Wildman–Crippen LogP) is 8.72. The monoisotopic (exact) mass is 1180 g/mol. The van der Waals surface area contributed by atoms with Crippen molar-refractivity contribution in [2.45, 2.75) is 166 Å². The lowest BCUT2D eigenvalue weighted by atomic mass is 10.1. The summed E-state index contributed by atoms with van der Waals surface area (Å²) in [5.41, 5.74) is 8.19. The largest absolute Gasteiger partial charge is 0.444 e. The van der Waals surface area contributed by atoms with E-state index in [-0.39, 0.29) is 71.3 Å². The van der Waals surface area contributed by atoms with Gasteiger partial charge in [-0.05, 0) is 141 Å². The van der Waals surface area contributed by atoms with E-state index in [9.17, 15) is 28.8 Å². The lowest BCUT2D eigenvalue weighted by Crippen LogP contribution is -2.57. The van der Waals surface area contributed by atoms with Gasteiger partial charge in [0.25, 0.3) is 23.6 Å². The number of nitrogen functional groups attached to an aromatic ring is 1. The van der Waals surface area contributed by atoms with Gasteiger partial charge in [-0.15, -0.1) is 0 Å². The third-order valence-electron chi connectivity index (χ3n) is 16.5. The summed E-state index contributed by atoms with van der Waals surface area (Å²) in [4.78, 5) is 109. The minimum atomic E-state index is -0.559. The summed E-state index contributed by atoms with van der Waals surface area (Å²) >= 11 is 5.88. The molecule has 2 aliphatic carbocycles. The molecule has 6 aromatic heterocycles. The quantitative estimate of drug-likeness (QED) is 0.104. The third-order valence-corrected chi connectivity index (χ3v) is 16.6. The molecule has 6 aromatic rings. The molecule has 4 unspecified atom stereocenters. The van der Waals surface area contributed by atoms with Gasteiger partial charge in [0.2, 0.25) is 11.2 Å². The first-order valence-corrected chi connectivity index (χ1v) is 29.9. The van der Waals surface area contributed by atoms with Crippen LogP contribution in [0.5, 0.6) is 0 Å². The maximum atomic E-state index is 13.4. The standard InChI is InChI=1S/C30H38N8O4.C17H24N4O3.C13H15ClN4O/c1-30(2,3)42-29(41)37-21-10-11-22(37)17-36(16-21)27(40)18-9-12-24(32-14-18)34-28-33-15-19-13-23(26(39)31-4)38(25(19)35-28)20-7-5-6-8-20;1-17(2,3)24-16(23)21-12-5-6-13(21)10-20(9-12)15(22)11-4-7-14(18)19-8-11;1-15-12(19)10-6-8-7-16-13(14)17-11(8)18(10)9-4-2-3-5-9/h9,12-15,20-22H,5-8,10-11,16-17H2,1-4H3,(H,31,39)(H,32,33,34,35);4,7-8,12-13H,5-6,9-10H2,1-3H3,(H2,18,19);6-7,9H,2-5H2,1H3,(H,15,19). The van der Waals surface area contributed by atoms with E-state index >= 15 is 0 Å². The summed E-state index contributed by atoms with van der Waals surface area (Å²) in [5, 5.41) is 10.4. The smallest absolute Gasteiger partial charge is 0.410 e. The van der Waals surface area contributed by atoms with Crippen molar-refractivity contribution in [3.8, 4) is 0 Å². The van der Waals surface area contributed by atoms with Gasteiger partial charge in [0, 0.05) is 87.9 Å². The highest BCUT2D eigenvalue weighted by molar-refractivity contribution is 6.28. The first-order valence-electron chi connectivity index (χ1n) is 29.5. The molecule has 10 heterocycles. The molecule has 85 heavy (non-hydrogen) atoms. The number of amides is 6. The van der Waals surface area contributed by atoms with Gasteiger partial charge < -0.3 is 50.1 Å². The number of fused-ring (bicyclic) bond motifs is 6. The van der Waals surface area contributed by atoms with Crippen molar-refractivity contribution in [3.05, 3.63) is 89.0 Å². The van der Waals surface area contributed by atoms with Gasteiger partial charge >= 0.3 is 12.2 Å². The molecule has 452 valence electrons. The summed E-state index contributed by atoms with van der Waals surface area (Å²) < 4.78 is 15.2. The van der Waals surface area contributed by atoms with Crippen LogP contribution in [0.3, 0.4) is 0 Å². The second kappa shape index (κ2) is 24.8. The maximum Gasteiger partial charge on any atom is 0.410 e. The molecule has 0 spiro atoms. The molecular weight excluding hydrogens is 1110 g/mol. The Bertz CT molecular complexity index is 3430. The number of anilines is 3. The molecule has 6 fully saturated rings. The molecule has 2 saturated carbocycles. The lowest BCUT2D eigenvalue weighted by Gasteiger charge is -2.41. The number of halogens is 1. The Kier molecular flexibility index (Phi) is 17.5. The second-order valence-electron chi connectivity index (χ2n) is 24.7. The van der Waals surface area contributed by atoms with Crippen molar-refractivity contribution in [2.75, 3.05) is 51.3 Å². The number of ether oxygens (including phenoxy) is 2. The van der Waals surface area contributed by atoms with Gasteiger partial charge in [-0.2, -0.15) is 9.97 Å². The molecule has 25 heteroatoms. The zero-order chi connectivity index (χ0) is 60.5. The number of piperazine rings is 2. The molecule has 12 rings (SSSR count). The molecule has 0 aromatic carbocycles. The van der Waals surface area contributed by atoms with Crippen molar-refractivity contribution < 1.29 is 38.2 Å². The van der Waals surface area contributed by atoms with Crippen molar-refractivity contribution in [2.24, 2.45) is 0 Å². The molecule has 4 bridgehead atoms. The van der Waals surface area contributed by atoms with E-state index in [1.165, 1.54) is 19.0 Å². The number of likely N-dealkylation sites (tertiary alicyclic amines) is 2. The topological polar surface area (TPSA) is 283 Å². The van der Waals surface area contributed by atoms with Crippen LogP contribution < -0.4 is 21.7 Å². The summed E-state index contributed by atoms with van der Waals surface area (Å²) in [7, 11) is 3.27. The number of pyridine rings is 2. The zero-order valence-electron chi connectivity index (χ0n) is 49.6. The van der Waals surface area contributed by atoms with E-state index in [4.69, 9.17) is 31.8 Å². The third kappa shape index (κ3) is 13.4. The molecular formula is C60H77ClN16O8. The number of carbonyl (C=O) groups is 6. The number of hydrogen-bond donors (Lipinski definition) is 4. The van der Waals surface area contributed by atoms with Crippen LogP contribution in [0, 0.1) is 0 Å². The van der Waals surface area contributed by atoms with Crippen molar-refractivity contribution in [1.29, 1.82) is 0 Å². The van der Waals surface area contributed by atoms with Gasteiger partial charge in [0.1, 0.15) is 45.5 Å². The average Bonchev–Trinajstić information content (AvgIpc) is 2.51. The molecule has 4 atom stereocenters. The minimum Gasteiger partial charge on any atom is -0.444 e. The van der Waals surface area contributed by atoms with Crippen LogP contribution in [0.15, 0.2) is 61.2 Å². The van der Waals surface area contributed by atoms with E-state index in [2.05, 4.69) is 40.9 Å². The summed E-state index contributed by atoms with van der Waals surface area (Å²) in [6, 6.07) is 11.0. The summed E-state index contributed by atoms with van der Waals surface area (Å²) in [6.07, 6.45) is 18.2. The van der Waals surface area contributed by atoms with Crippen LogP contribution in [-0.2, 0) is 9.47 Å². The highest BCUT2D eigenvalue weighted by Gasteiger charge is 2.47. The molecule has 6 aliphatic rings. The second-order valence-corrected chi connectivity index (χ2v) is 25.1. The van der Waals surface area contributed by atoms with E-state index in [0.717, 1.165) is 80.6 Å². The van der Waals surface area contributed by atoms with Gasteiger partial charge in [-0.1, -0.05) is 25.7 Å². The molecule has 24 nitrogen and oxygen atoms in total. The van der Waals surface area contributed by atoms with Crippen molar-refractivity contribution in [1.82, 2.24) is 69.3 Å². The summed E-state index contributed by atoms with van der Waals surface area (Å²) in [6.45, 7) is 13.2. The van der Waals surface area contributed by atoms with Crippen molar-refractivity contribution >= 4 is 87.1 Å². The fourth-order valence-corrected chi connectivity index (χ4v) is 12.8. The molecule has 6 amide bonds. The summed E-state index contributed by atoms with van der Waals surface area (Å²) in [5.74, 6) is 0.848. The highest BCUT2D eigenvalue weighted by Crippen LogP contribution is 2.38. The van der Waals surface area contributed by atoms with Crippen LogP contribution in [0.2, 0.25) is 5.28 Å². The number of nitrogens with two attached hydrogens (primary N) is 1. The lowest BCUT2D eigenvalue weighted by molar-refractivity contribution is -0.00386. The Morgan fingerprint density at radius 1 is 0.541 bits per heavy atom. The number of nitrogens with one attached hydrogen (secondary N) is 3. The number of hydrogen-bond acceptors (Lipinski definition) is 16. The van der Waals surface area contributed by atoms with E-state index in [0.29, 0.717) is 78.0 Å². The van der Waals surface area contributed by atoms with E-state index in [1.807, 2.05) is 77.5 Å². The number of nitrogens with zero attached hydrogens (tertiary/aromatic N) is 12. The Hall–Kier alpha value is -8.15. The zero-order valence-corrected chi connectivity index (χ0v) is 50.4. The minimum absolute atomic E-state index is 0.0179. The predicted molar refractivity (Wildman–Crippen MR) is 320 cm³/mol. The van der Waals surface area contributed by atoms with E-state index in [1.54, 1.807) is 61.9 Å². The molecule has 5 N–H and O–H groups in total. The normalized spacial score (nSPS) is 20.4. The maximum absolute atomic E-state index is 13.4.